The maximum atomic E-state index is 12.3. The third kappa shape index (κ3) is 5.57. The van der Waals surface area contributed by atoms with Gasteiger partial charge in [0.05, 0.1) is 24.8 Å². The molecule has 0 atom stereocenters. The lowest BCUT2D eigenvalue weighted by molar-refractivity contribution is -0.138. The molecule has 6 nitrogen and oxygen atoms in total. The number of nitrogens with one attached hydrogen (secondary N) is 1. The summed E-state index contributed by atoms with van der Waals surface area (Å²) in [6.45, 7) is 5.32. The van der Waals surface area contributed by atoms with Gasteiger partial charge in [-0.1, -0.05) is 11.6 Å². The van der Waals surface area contributed by atoms with E-state index in [9.17, 15) is 4.79 Å². The van der Waals surface area contributed by atoms with Crippen molar-refractivity contribution in [1.29, 1.82) is 0 Å². The zero-order valence-electron chi connectivity index (χ0n) is 14.0. The molecule has 23 heavy (non-hydrogen) atoms. The summed E-state index contributed by atoms with van der Waals surface area (Å²) in [7, 11) is 2.98. The number of carbonyl (C=O) groups excluding carboxylic acids is 1. The van der Waals surface area contributed by atoms with E-state index >= 15 is 0 Å². The highest BCUT2D eigenvalue weighted by Gasteiger charge is 2.18. The molecule has 0 aromatic heterocycles. The molecule has 0 bridgehead atoms. The number of methoxy groups -OCH3 is 2. The Morgan fingerprint density at radius 3 is 2.35 bits per heavy atom. The van der Waals surface area contributed by atoms with Gasteiger partial charge in [0.1, 0.15) is 0 Å². The second kappa shape index (κ2) is 10.3. The van der Waals surface area contributed by atoms with E-state index in [0.29, 0.717) is 43.2 Å². The van der Waals surface area contributed by atoms with Crippen molar-refractivity contribution in [2.75, 3.05) is 34.0 Å². The Morgan fingerprint density at radius 1 is 1.17 bits per heavy atom. The van der Waals surface area contributed by atoms with E-state index in [1.807, 2.05) is 13.8 Å². The fourth-order valence-corrected chi connectivity index (χ4v) is 2.37. The van der Waals surface area contributed by atoms with E-state index in [-0.39, 0.29) is 17.2 Å². The Bertz CT molecular complexity index is 503. The standard InChI is InChI=1S/C16H24ClNO5/c1-5-22-13(23-6-2)9-10-18-16(19)11-7-8-12(20-3)15(21-4)14(11)17/h7-8,13H,5-6,9-10H2,1-4H3,(H,18,19). The Kier molecular flexibility index (Phi) is 8.76. The summed E-state index contributed by atoms with van der Waals surface area (Å²) in [4.78, 5) is 12.3. The van der Waals surface area contributed by atoms with Gasteiger partial charge in [-0.3, -0.25) is 4.79 Å². The Labute approximate surface area is 142 Å². The van der Waals surface area contributed by atoms with Crippen molar-refractivity contribution in [2.24, 2.45) is 0 Å². The summed E-state index contributed by atoms with van der Waals surface area (Å²) < 4.78 is 21.2. The van der Waals surface area contributed by atoms with Crippen molar-refractivity contribution in [3.63, 3.8) is 0 Å². The first kappa shape index (κ1) is 19.5. The predicted octanol–water partition coefficient (Wildman–Crippen LogP) is 2.88. The summed E-state index contributed by atoms with van der Waals surface area (Å²) in [6.07, 6.45) is 0.226. The minimum absolute atomic E-state index is 0.218. The summed E-state index contributed by atoms with van der Waals surface area (Å²) >= 11 is 6.21. The molecule has 1 aromatic carbocycles. The highest BCUT2D eigenvalue weighted by Crippen LogP contribution is 2.37. The minimum Gasteiger partial charge on any atom is -0.493 e. The van der Waals surface area contributed by atoms with Gasteiger partial charge in [-0.2, -0.15) is 0 Å². The smallest absolute Gasteiger partial charge is 0.252 e. The maximum absolute atomic E-state index is 12.3. The van der Waals surface area contributed by atoms with Crippen LogP contribution in [0.3, 0.4) is 0 Å². The number of rotatable bonds is 10. The molecule has 0 fully saturated rings. The summed E-state index contributed by atoms with van der Waals surface area (Å²) in [5.74, 6) is 0.521. The van der Waals surface area contributed by atoms with Crippen LogP contribution in [0.2, 0.25) is 5.02 Å². The third-order valence-corrected chi connectivity index (χ3v) is 3.48. The van der Waals surface area contributed by atoms with Gasteiger partial charge in [0.2, 0.25) is 0 Å². The van der Waals surface area contributed by atoms with Crippen LogP contribution < -0.4 is 14.8 Å². The molecule has 0 aliphatic carbocycles. The van der Waals surface area contributed by atoms with Gasteiger partial charge in [0, 0.05) is 26.2 Å². The van der Waals surface area contributed by atoms with E-state index in [4.69, 9.17) is 30.5 Å². The highest BCUT2D eigenvalue weighted by atomic mass is 35.5. The first-order valence-corrected chi connectivity index (χ1v) is 7.88. The molecule has 0 aliphatic rings. The van der Waals surface area contributed by atoms with E-state index in [2.05, 4.69) is 5.32 Å². The van der Waals surface area contributed by atoms with Crippen LogP contribution in [0.4, 0.5) is 0 Å². The van der Waals surface area contributed by atoms with Gasteiger partial charge in [-0.15, -0.1) is 0 Å². The summed E-state index contributed by atoms with van der Waals surface area (Å²) in [6, 6.07) is 3.24. The van der Waals surface area contributed by atoms with Crippen molar-refractivity contribution in [3.05, 3.63) is 22.7 Å². The van der Waals surface area contributed by atoms with Crippen LogP contribution in [0, 0.1) is 0 Å². The van der Waals surface area contributed by atoms with E-state index in [1.165, 1.54) is 14.2 Å². The molecular formula is C16H24ClNO5. The molecule has 0 aliphatic heterocycles. The number of halogens is 1. The lowest BCUT2D eigenvalue weighted by Crippen LogP contribution is -2.29. The molecule has 1 aromatic rings. The number of hydrogen-bond donors (Lipinski definition) is 1. The van der Waals surface area contributed by atoms with Gasteiger partial charge in [0.25, 0.3) is 5.91 Å². The normalized spacial score (nSPS) is 10.7. The average Bonchev–Trinajstić information content (AvgIpc) is 2.54. The number of carbonyl (C=O) groups is 1. The SMILES string of the molecule is CCOC(CCNC(=O)c1ccc(OC)c(OC)c1Cl)OCC. The molecule has 0 spiro atoms. The van der Waals surface area contributed by atoms with Crippen LogP contribution in [-0.4, -0.2) is 46.2 Å². The summed E-state index contributed by atoms with van der Waals surface area (Å²) in [5.41, 5.74) is 0.327. The predicted molar refractivity (Wildman–Crippen MR) is 88.5 cm³/mol. The van der Waals surface area contributed by atoms with E-state index in [1.54, 1.807) is 12.1 Å². The molecule has 7 heteroatoms. The molecule has 130 valence electrons. The molecule has 1 N–H and O–H groups in total. The molecule has 0 saturated carbocycles. The van der Waals surface area contributed by atoms with Crippen LogP contribution in [0.1, 0.15) is 30.6 Å². The number of hydrogen-bond acceptors (Lipinski definition) is 5. The van der Waals surface area contributed by atoms with Crippen LogP contribution in [0.15, 0.2) is 12.1 Å². The van der Waals surface area contributed by atoms with Crippen molar-refractivity contribution in [3.8, 4) is 11.5 Å². The lowest BCUT2D eigenvalue weighted by Gasteiger charge is -2.17. The molecule has 1 amide bonds. The molecule has 0 saturated heterocycles. The van der Waals surface area contributed by atoms with Crippen molar-refractivity contribution in [2.45, 2.75) is 26.6 Å². The first-order chi connectivity index (χ1) is 11.1. The Morgan fingerprint density at radius 2 is 1.83 bits per heavy atom. The maximum Gasteiger partial charge on any atom is 0.252 e. The lowest BCUT2D eigenvalue weighted by atomic mass is 10.2. The number of benzene rings is 1. The number of ether oxygens (including phenoxy) is 4. The van der Waals surface area contributed by atoms with Gasteiger partial charge >= 0.3 is 0 Å². The number of amides is 1. The summed E-state index contributed by atoms with van der Waals surface area (Å²) in [5, 5.41) is 3.01. The fourth-order valence-electron chi connectivity index (χ4n) is 2.05. The quantitative estimate of drug-likeness (QED) is 0.660. The Hall–Kier alpha value is -1.50. The highest BCUT2D eigenvalue weighted by molar-refractivity contribution is 6.35. The topological polar surface area (TPSA) is 66.0 Å². The molecule has 0 radical (unpaired) electrons. The Balaban J connectivity index is 2.68. The largest absolute Gasteiger partial charge is 0.493 e. The minimum atomic E-state index is -0.328. The van der Waals surface area contributed by atoms with Crippen molar-refractivity contribution in [1.82, 2.24) is 5.32 Å². The average molecular weight is 346 g/mol. The van der Waals surface area contributed by atoms with Gasteiger partial charge < -0.3 is 24.3 Å². The zero-order chi connectivity index (χ0) is 17.2. The van der Waals surface area contributed by atoms with Crippen LogP contribution >= 0.6 is 11.6 Å². The van der Waals surface area contributed by atoms with Crippen molar-refractivity contribution < 1.29 is 23.7 Å². The van der Waals surface area contributed by atoms with Gasteiger partial charge in [0.15, 0.2) is 17.8 Å². The second-order valence-electron chi connectivity index (χ2n) is 4.55. The molecule has 0 unspecified atom stereocenters. The third-order valence-electron chi connectivity index (χ3n) is 3.10. The van der Waals surface area contributed by atoms with Crippen LogP contribution in [0.25, 0.3) is 0 Å². The van der Waals surface area contributed by atoms with E-state index in [0.717, 1.165) is 0 Å². The van der Waals surface area contributed by atoms with Crippen LogP contribution in [0.5, 0.6) is 11.5 Å². The monoisotopic (exact) mass is 345 g/mol. The van der Waals surface area contributed by atoms with Gasteiger partial charge in [-0.25, -0.2) is 0 Å². The molecule has 0 heterocycles. The second-order valence-corrected chi connectivity index (χ2v) is 4.93. The van der Waals surface area contributed by atoms with Gasteiger partial charge in [-0.05, 0) is 26.0 Å². The van der Waals surface area contributed by atoms with Crippen LogP contribution in [-0.2, 0) is 9.47 Å². The molecular weight excluding hydrogens is 322 g/mol. The first-order valence-electron chi connectivity index (χ1n) is 7.50. The molecule has 1 rings (SSSR count). The fraction of sp³-hybridized carbons (Fsp3) is 0.562. The zero-order valence-corrected chi connectivity index (χ0v) is 14.7. The van der Waals surface area contributed by atoms with Crippen molar-refractivity contribution >= 4 is 17.5 Å². The van der Waals surface area contributed by atoms with E-state index < -0.39 is 0 Å².